The highest BCUT2D eigenvalue weighted by molar-refractivity contribution is 5.80. The first-order chi connectivity index (χ1) is 16.3. The number of aliphatic imine (C=N–C) groups is 1. The molecule has 172 valence electrons. The summed E-state index contributed by atoms with van der Waals surface area (Å²) in [4.78, 5) is 9.36. The normalized spacial score (nSPS) is 16.3. The van der Waals surface area contributed by atoms with Crippen molar-refractivity contribution >= 4 is 5.96 Å². The van der Waals surface area contributed by atoms with Gasteiger partial charge in [0.05, 0.1) is 6.54 Å². The summed E-state index contributed by atoms with van der Waals surface area (Å²) in [6.07, 6.45) is 3.81. The van der Waals surface area contributed by atoms with Crippen LogP contribution in [0.4, 0.5) is 0 Å². The van der Waals surface area contributed by atoms with E-state index in [9.17, 15) is 0 Å². The first-order valence-electron chi connectivity index (χ1n) is 11.4. The zero-order valence-corrected chi connectivity index (χ0v) is 19.0. The van der Waals surface area contributed by atoms with Crippen LogP contribution in [-0.4, -0.2) is 65.6 Å². The fourth-order valence-electron chi connectivity index (χ4n) is 4.37. The van der Waals surface area contributed by atoms with Crippen LogP contribution in [0.25, 0.3) is 0 Å². The number of hydrogen-bond acceptors (Lipinski definition) is 5. The van der Waals surface area contributed by atoms with Gasteiger partial charge in [-0.2, -0.15) is 5.10 Å². The molecule has 8 nitrogen and oxygen atoms in total. The van der Waals surface area contributed by atoms with E-state index in [4.69, 9.17) is 9.47 Å². The second-order valence-corrected chi connectivity index (χ2v) is 8.32. The Morgan fingerprint density at radius 2 is 1.79 bits per heavy atom. The first-order valence-corrected chi connectivity index (χ1v) is 11.4. The van der Waals surface area contributed by atoms with E-state index in [0.717, 1.165) is 63.3 Å². The van der Waals surface area contributed by atoms with Crippen LogP contribution in [-0.2, 0) is 19.6 Å². The van der Waals surface area contributed by atoms with Crippen molar-refractivity contribution in [3.8, 4) is 11.5 Å². The summed E-state index contributed by atoms with van der Waals surface area (Å²) in [5.41, 5.74) is 3.78. The number of benzene rings is 2. The van der Waals surface area contributed by atoms with Crippen LogP contribution in [0.1, 0.15) is 16.7 Å². The quantitative estimate of drug-likeness (QED) is 0.464. The summed E-state index contributed by atoms with van der Waals surface area (Å²) in [7, 11) is 1.86. The van der Waals surface area contributed by atoms with Gasteiger partial charge < -0.3 is 19.7 Å². The fraction of sp³-hybridized carbons (Fsp3) is 0.360. The van der Waals surface area contributed by atoms with Crippen molar-refractivity contribution in [2.45, 2.75) is 19.6 Å². The van der Waals surface area contributed by atoms with Crippen molar-refractivity contribution in [3.05, 3.63) is 77.6 Å². The molecule has 1 saturated heterocycles. The highest BCUT2D eigenvalue weighted by Gasteiger charge is 2.21. The maximum absolute atomic E-state index is 5.51. The minimum atomic E-state index is 0.317. The summed E-state index contributed by atoms with van der Waals surface area (Å²) in [6.45, 7) is 6.60. The number of aromatic nitrogens is 2. The van der Waals surface area contributed by atoms with Crippen LogP contribution in [0.3, 0.4) is 0 Å². The molecule has 0 radical (unpaired) electrons. The molecule has 8 heteroatoms. The van der Waals surface area contributed by atoms with Gasteiger partial charge in [0, 0.05) is 58.7 Å². The van der Waals surface area contributed by atoms with Gasteiger partial charge in [-0.15, -0.1) is 0 Å². The molecule has 0 aliphatic carbocycles. The Bertz CT molecular complexity index is 1090. The molecule has 0 bridgehead atoms. The zero-order chi connectivity index (χ0) is 22.5. The van der Waals surface area contributed by atoms with Crippen molar-refractivity contribution in [3.63, 3.8) is 0 Å². The number of nitrogens with one attached hydrogen (secondary N) is 1. The first kappa shape index (κ1) is 21.3. The van der Waals surface area contributed by atoms with Crippen molar-refractivity contribution < 1.29 is 9.47 Å². The predicted molar refractivity (Wildman–Crippen MR) is 127 cm³/mol. The molecule has 2 aromatic carbocycles. The van der Waals surface area contributed by atoms with Gasteiger partial charge in [-0.05, 0) is 34.9 Å². The molecule has 0 saturated carbocycles. The smallest absolute Gasteiger partial charge is 0.231 e. The average Bonchev–Trinajstić information content (AvgIpc) is 3.53. The van der Waals surface area contributed by atoms with Gasteiger partial charge in [-0.25, -0.2) is 0 Å². The third-order valence-electron chi connectivity index (χ3n) is 6.17. The van der Waals surface area contributed by atoms with Gasteiger partial charge in [0.2, 0.25) is 6.79 Å². The molecule has 1 aromatic heterocycles. The third kappa shape index (κ3) is 5.12. The molecule has 33 heavy (non-hydrogen) atoms. The maximum atomic E-state index is 5.51. The molecule has 1 N–H and O–H groups in total. The molecular weight excluding hydrogens is 416 g/mol. The van der Waals surface area contributed by atoms with E-state index in [1.165, 1.54) is 16.7 Å². The second kappa shape index (κ2) is 9.95. The van der Waals surface area contributed by atoms with Gasteiger partial charge in [-0.3, -0.25) is 14.6 Å². The number of ether oxygens (including phenoxy) is 2. The molecule has 0 amide bonds. The monoisotopic (exact) mass is 446 g/mol. The van der Waals surface area contributed by atoms with Crippen LogP contribution in [0.5, 0.6) is 11.5 Å². The van der Waals surface area contributed by atoms with Crippen LogP contribution in [0, 0.1) is 0 Å². The van der Waals surface area contributed by atoms with Crippen molar-refractivity contribution in [1.29, 1.82) is 0 Å². The van der Waals surface area contributed by atoms with E-state index < -0.39 is 0 Å². The Morgan fingerprint density at radius 1 is 0.970 bits per heavy atom. The van der Waals surface area contributed by atoms with E-state index in [2.05, 4.69) is 61.6 Å². The minimum absolute atomic E-state index is 0.317. The topological polar surface area (TPSA) is 67.2 Å². The summed E-state index contributed by atoms with van der Waals surface area (Å²) in [5.74, 6) is 2.64. The molecule has 0 unspecified atom stereocenters. The van der Waals surface area contributed by atoms with Gasteiger partial charge in [-0.1, -0.05) is 30.3 Å². The maximum Gasteiger partial charge on any atom is 0.231 e. The Morgan fingerprint density at radius 3 is 2.58 bits per heavy atom. The van der Waals surface area contributed by atoms with E-state index in [-0.39, 0.29) is 0 Å². The molecule has 1 fully saturated rings. The van der Waals surface area contributed by atoms with E-state index in [0.29, 0.717) is 6.79 Å². The average molecular weight is 447 g/mol. The molecule has 3 heterocycles. The summed E-state index contributed by atoms with van der Waals surface area (Å²) in [6, 6.07) is 16.7. The van der Waals surface area contributed by atoms with E-state index in [1.807, 2.05) is 36.3 Å². The molecule has 2 aliphatic rings. The summed E-state index contributed by atoms with van der Waals surface area (Å²) >= 11 is 0. The largest absolute Gasteiger partial charge is 0.454 e. The Labute approximate surface area is 194 Å². The van der Waals surface area contributed by atoms with Crippen LogP contribution < -0.4 is 14.8 Å². The number of nitrogens with zero attached hydrogens (tertiary/aromatic N) is 5. The minimum Gasteiger partial charge on any atom is -0.454 e. The van der Waals surface area contributed by atoms with Gasteiger partial charge >= 0.3 is 0 Å². The van der Waals surface area contributed by atoms with Gasteiger partial charge in [0.15, 0.2) is 17.5 Å². The fourth-order valence-corrected chi connectivity index (χ4v) is 4.37. The number of piperazine rings is 1. The Balaban J connectivity index is 1.14. The number of hydrogen-bond donors (Lipinski definition) is 1. The van der Waals surface area contributed by atoms with E-state index in [1.54, 1.807) is 0 Å². The third-order valence-corrected chi connectivity index (χ3v) is 6.17. The lowest BCUT2D eigenvalue weighted by atomic mass is 10.1. The molecule has 0 atom stereocenters. The second-order valence-electron chi connectivity index (χ2n) is 8.32. The molecular formula is C25H30N6O2. The summed E-state index contributed by atoms with van der Waals surface area (Å²) < 4.78 is 12.9. The number of guanidine groups is 1. The van der Waals surface area contributed by atoms with Crippen molar-refractivity contribution in [2.75, 3.05) is 40.0 Å². The van der Waals surface area contributed by atoms with Crippen molar-refractivity contribution in [2.24, 2.45) is 4.99 Å². The van der Waals surface area contributed by atoms with Crippen LogP contribution in [0.15, 0.2) is 65.9 Å². The molecule has 2 aliphatic heterocycles. The number of fused-ring (bicyclic) bond motifs is 1. The van der Waals surface area contributed by atoms with Crippen LogP contribution in [0.2, 0.25) is 0 Å². The number of rotatable bonds is 6. The zero-order valence-electron chi connectivity index (χ0n) is 19.0. The standard InChI is InChI=1S/C25H30N6O2/c1-26-25(27-16-21-5-2-3-6-22(21)18-31-10-4-9-28-31)30-13-11-29(12-14-30)17-20-7-8-23-24(15-20)33-19-32-23/h2-10,15H,11-14,16-19H2,1H3,(H,26,27). The Hall–Kier alpha value is -3.52. The summed E-state index contributed by atoms with van der Waals surface area (Å²) in [5, 5.41) is 7.90. The highest BCUT2D eigenvalue weighted by atomic mass is 16.7. The van der Waals surface area contributed by atoms with Gasteiger partial charge in [0.25, 0.3) is 0 Å². The lowest BCUT2D eigenvalue weighted by Gasteiger charge is -2.36. The predicted octanol–water partition coefficient (Wildman–Crippen LogP) is 2.55. The van der Waals surface area contributed by atoms with E-state index >= 15 is 0 Å². The van der Waals surface area contributed by atoms with Crippen molar-refractivity contribution in [1.82, 2.24) is 24.9 Å². The molecule has 0 spiro atoms. The Kier molecular flexibility index (Phi) is 6.44. The SMILES string of the molecule is CN=C(NCc1ccccc1Cn1cccn1)N1CCN(Cc2ccc3c(c2)OCO3)CC1. The lowest BCUT2D eigenvalue weighted by molar-refractivity contribution is 0.171. The highest BCUT2D eigenvalue weighted by Crippen LogP contribution is 2.32. The molecule has 3 aromatic rings. The van der Waals surface area contributed by atoms with Crippen LogP contribution >= 0.6 is 0 Å². The lowest BCUT2D eigenvalue weighted by Crippen LogP contribution is -2.52. The molecule has 5 rings (SSSR count). The van der Waals surface area contributed by atoms with Gasteiger partial charge in [0.1, 0.15) is 0 Å².